The van der Waals surface area contributed by atoms with Gasteiger partial charge in [0, 0.05) is 37.4 Å². The standard InChI is InChI=1S/C13H24N4O/c1-9(2)13-16-10(3)7-12(17-13)15-6-5-11(14)8-18-4/h7,9,11H,5-6,8,14H2,1-4H3,(H,15,16,17). The molecule has 0 aliphatic carbocycles. The summed E-state index contributed by atoms with van der Waals surface area (Å²) in [5, 5.41) is 3.28. The molecule has 1 atom stereocenters. The lowest BCUT2D eigenvalue weighted by Crippen LogP contribution is -2.28. The van der Waals surface area contributed by atoms with Crippen molar-refractivity contribution >= 4 is 5.82 Å². The van der Waals surface area contributed by atoms with Crippen LogP contribution in [-0.2, 0) is 4.74 Å². The minimum Gasteiger partial charge on any atom is -0.383 e. The van der Waals surface area contributed by atoms with Crippen LogP contribution in [0.4, 0.5) is 5.82 Å². The summed E-state index contributed by atoms with van der Waals surface area (Å²) >= 11 is 0. The summed E-state index contributed by atoms with van der Waals surface area (Å²) in [6.45, 7) is 7.54. The van der Waals surface area contributed by atoms with Gasteiger partial charge in [-0.1, -0.05) is 13.8 Å². The third kappa shape index (κ3) is 4.98. The molecule has 0 bridgehead atoms. The molecule has 0 aliphatic heterocycles. The van der Waals surface area contributed by atoms with Gasteiger partial charge >= 0.3 is 0 Å². The number of hydrogen-bond acceptors (Lipinski definition) is 5. The first-order valence-corrected chi connectivity index (χ1v) is 6.37. The number of aromatic nitrogens is 2. The molecule has 0 amide bonds. The SMILES string of the molecule is COCC(N)CCNc1cc(C)nc(C(C)C)n1. The Hall–Kier alpha value is -1.20. The average Bonchev–Trinajstić information content (AvgIpc) is 2.28. The highest BCUT2D eigenvalue weighted by Crippen LogP contribution is 2.13. The first-order chi connectivity index (χ1) is 8.52. The summed E-state index contributed by atoms with van der Waals surface area (Å²) in [6, 6.07) is 2.02. The molecule has 3 N–H and O–H groups in total. The van der Waals surface area contributed by atoms with Crippen molar-refractivity contribution in [3.8, 4) is 0 Å². The van der Waals surface area contributed by atoms with Crippen LogP contribution in [0.5, 0.6) is 0 Å². The number of nitrogens with two attached hydrogens (primary N) is 1. The quantitative estimate of drug-likeness (QED) is 0.772. The summed E-state index contributed by atoms with van der Waals surface area (Å²) in [5.41, 5.74) is 6.84. The molecular weight excluding hydrogens is 228 g/mol. The van der Waals surface area contributed by atoms with Crippen LogP contribution in [0.2, 0.25) is 0 Å². The zero-order chi connectivity index (χ0) is 13.5. The van der Waals surface area contributed by atoms with E-state index in [4.69, 9.17) is 10.5 Å². The minimum atomic E-state index is 0.0648. The Morgan fingerprint density at radius 3 is 2.72 bits per heavy atom. The monoisotopic (exact) mass is 252 g/mol. The average molecular weight is 252 g/mol. The van der Waals surface area contributed by atoms with Crippen LogP contribution in [0.15, 0.2) is 6.07 Å². The molecule has 0 aliphatic rings. The molecule has 1 unspecified atom stereocenters. The van der Waals surface area contributed by atoms with E-state index < -0.39 is 0 Å². The number of nitrogens with zero attached hydrogens (tertiary/aromatic N) is 2. The van der Waals surface area contributed by atoms with Crippen LogP contribution in [0.1, 0.15) is 37.7 Å². The lowest BCUT2D eigenvalue weighted by molar-refractivity contribution is 0.178. The van der Waals surface area contributed by atoms with Crippen LogP contribution < -0.4 is 11.1 Å². The third-order valence-corrected chi connectivity index (χ3v) is 2.59. The highest BCUT2D eigenvalue weighted by Gasteiger charge is 2.06. The maximum Gasteiger partial charge on any atom is 0.133 e. The summed E-state index contributed by atoms with van der Waals surface area (Å²) in [5.74, 6) is 2.08. The molecule has 102 valence electrons. The molecule has 0 saturated carbocycles. The van der Waals surface area contributed by atoms with Gasteiger partial charge in [0.15, 0.2) is 0 Å². The molecule has 1 rings (SSSR count). The Morgan fingerprint density at radius 2 is 2.11 bits per heavy atom. The highest BCUT2D eigenvalue weighted by atomic mass is 16.5. The molecule has 18 heavy (non-hydrogen) atoms. The molecule has 0 saturated heterocycles. The zero-order valence-corrected chi connectivity index (χ0v) is 11.7. The molecule has 1 heterocycles. The van der Waals surface area contributed by atoms with Gasteiger partial charge in [-0.2, -0.15) is 0 Å². The lowest BCUT2D eigenvalue weighted by Gasteiger charge is -2.13. The Kier molecular flexibility index (Phi) is 6.01. The number of aryl methyl sites for hydroxylation is 1. The van der Waals surface area contributed by atoms with Gasteiger partial charge in [-0.05, 0) is 13.3 Å². The van der Waals surface area contributed by atoms with Crippen molar-refractivity contribution in [3.05, 3.63) is 17.6 Å². The van der Waals surface area contributed by atoms with E-state index in [0.29, 0.717) is 12.5 Å². The van der Waals surface area contributed by atoms with Gasteiger partial charge < -0.3 is 15.8 Å². The van der Waals surface area contributed by atoms with Crippen LogP contribution in [0.25, 0.3) is 0 Å². The predicted molar refractivity (Wildman–Crippen MR) is 73.8 cm³/mol. The summed E-state index contributed by atoms with van der Waals surface area (Å²) < 4.78 is 5.00. The second-order valence-electron chi connectivity index (χ2n) is 4.84. The van der Waals surface area contributed by atoms with Crippen molar-refractivity contribution < 1.29 is 4.74 Å². The topological polar surface area (TPSA) is 73.1 Å². The fraction of sp³-hybridized carbons (Fsp3) is 0.692. The third-order valence-electron chi connectivity index (χ3n) is 2.59. The largest absolute Gasteiger partial charge is 0.383 e. The molecule has 0 aromatic carbocycles. The van der Waals surface area contributed by atoms with E-state index in [9.17, 15) is 0 Å². The summed E-state index contributed by atoms with van der Waals surface area (Å²) in [6.07, 6.45) is 0.855. The van der Waals surface area contributed by atoms with Gasteiger partial charge in [0.2, 0.25) is 0 Å². The van der Waals surface area contributed by atoms with Gasteiger partial charge in [-0.25, -0.2) is 9.97 Å². The van der Waals surface area contributed by atoms with Crippen LogP contribution in [0.3, 0.4) is 0 Å². The van der Waals surface area contributed by atoms with E-state index in [1.54, 1.807) is 7.11 Å². The molecule has 0 spiro atoms. The summed E-state index contributed by atoms with van der Waals surface area (Å²) in [7, 11) is 1.66. The van der Waals surface area contributed by atoms with E-state index >= 15 is 0 Å². The number of nitrogens with one attached hydrogen (secondary N) is 1. The van der Waals surface area contributed by atoms with Gasteiger partial charge in [0.05, 0.1) is 6.61 Å². The Balaban J connectivity index is 2.51. The van der Waals surface area contributed by atoms with Crippen molar-refractivity contribution in [1.29, 1.82) is 0 Å². The predicted octanol–water partition coefficient (Wildman–Crippen LogP) is 1.68. The van der Waals surface area contributed by atoms with Gasteiger partial charge in [-0.15, -0.1) is 0 Å². The lowest BCUT2D eigenvalue weighted by atomic mass is 10.2. The van der Waals surface area contributed by atoms with E-state index in [0.717, 1.165) is 30.3 Å². The Bertz CT molecular complexity index is 368. The maximum atomic E-state index is 5.86. The highest BCUT2D eigenvalue weighted by molar-refractivity contribution is 5.36. The molecule has 5 nitrogen and oxygen atoms in total. The van der Waals surface area contributed by atoms with Gasteiger partial charge in [0.1, 0.15) is 11.6 Å². The van der Waals surface area contributed by atoms with Gasteiger partial charge in [0.25, 0.3) is 0 Å². The van der Waals surface area contributed by atoms with Crippen molar-refractivity contribution in [2.24, 2.45) is 5.73 Å². The number of rotatable bonds is 7. The molecule has 1 aromatic rings. The van der Waals surface area contributed by atoms with Crippen molar-refractivity contribution in [2.45, 2.75) is 39.2 Å². The number of methoxy groups -OCH3 is 1. The van der Waals surface area contributed by atoms with E-state index in [1.165, 1.54) is 0 Å². The van der Waals surface area contributed by atoms with E-state index in [1.807, 2.05) is 13.0 Å². The fourth-order valence-corrected chi connectivity index (χ4v) is 1.62. The number of anilines is 1. The molecule has 5 heteroatoms. The second kappa shape index (κ2) is 7.28. The molecule has 1 aromatic heterocycles. The van der Waals surface area contributed by atoms with Crippen LogP contribution >= 0.6 is 0 Å². The first kappa shape index (κ1) is 14.9. The fourth-order valence-electron chi connectivity index (χ4n) is 1.62. The van der Waals surface area contributed by atoms with E-state index in [-0.39, 0.29) is 6.04 Å². The Labute approximate surface area is 109 Å². The second-order valence-corrected chi connectivity index (χ2v) is 4.84. The van der Waals surface area contributed by atoms with Crippen LogP contribution in [-0.4, -0.2) is 36.3 Å². The summed E-state index contributed by atoms with van der Waals surface area (Å²) in [4.78, 5) is 8.89. The normalized spacial score (nSPS) is 12.8. The maximum absolute atomic E-state index is 5.86. The molecular formula is C13H24N4O. The van der Waals surface area contributed by atoms with Crippen molar-refractivity contribution in [3.63, 3.8) is 0 Å². The van der Waals surface area contributed by atoms with Crippen LogP contribution in [0, 0.1) is 6.92 Å². The van der Waals surface area contributed by atoms with Crippen molar-refractivity contribution in [1.82, 2.24) is 9.97 Å². The smallest absolute Gasteiger partial charge is 0.133 e. The van der Waals surface area contributed by atoms with Gasteiger partial charge in [-0.3, -0.25) is 0 Å². The minimum absolute atomic E-state index is 0.0648. The van der Waals surface area contributed by atoms with E-state index in [2.05, 4.69) is 29.1 Å². The Morgan fingerprint density at radius 1 is 1.39 bits per heavy atom. The zero-order valence-electron chi connectivity index (χ0n) is 11.7. The number of hydrogen-bond donors (Lipinski definition) is 2. The van der Waals surface area contributed by atoms with Crippen molar-refractivity contribution in [2.75, 3.05) is 25.6 Å². The first-order valence-electron chi connectivity index (χ1n) is 6.37. The molecule has 0 fully saturated rings. The molecule has 0 radical (unpaired) electrons. The number of ether oxygens (including phenoxy) is 1.